The number of aliphatic hydroxyl groups excluding tert-OH is 1. The maximum Gasteiger partial charge on any atom is 0.344 e. The Balaban J connectivity index is 4.07. The predicted molar refractivity (Wildman–Crippen MR) is 41.4 cm³/mol. The van der Waals surface area contributed by atoms with E-state index in [4.69, 9.17) is 15.3 Å². The molecule has 0 fully saturated rings. The Morgan fingerprint density at radius 1 is 1.29 bits per heavy atom. The highest BCUT2D eigenvalue weighted by Crippen LogP contribution is 1.99. The zero-order valence-electron chi connectivity index (χ0n) is 7.34. The van der Waals surface area contributed by atoms with Crippen molar-refractivity contribution in [2.45, 2.75) is 25.6 Å². The second kappa shape index (κ2) is 5.18. The molecule has 0 radical (unpaired) electrons. The van der Waals surface area contributed by atoms with Gasteiger partial charge in [-0.2, -0.15) is 0 Å². The Morgan fingerprint density at radius 3 is 2.14 bits per heavy atom. The fourth-order valence-corrected chi connectivity index (χ4v) is 0.552. The Bertz CT molecular complexity index is 246. The zero-order chi connectivity index (χ0) is 11.3. The molecule has 0 spiro atoms. The van der Waals surface area contributed by atoms with Crippen LogP contribution in [0.25, 0.3) is 0 Å². The number of carbonyl (C=O) groups is 3. The Morgan fingerprint density at radius 2 is 1.79 bits per heavy atom. The van der Waals surface area contributed by atoms with Crippen LogP contribution in [-0.2, 0) is 19.1 Å². The highest BCUT2D eigenvalue weighted by atomic mass is 16.6. The first-order valence-electron chi connectivity index (χ1n) is 3.67. The molecule has 0 heterocycles. The van der Waals surface area contributed by atoms with Gasteiger partial charge in [0, 0.05) is 0 Å². The van der Waals surface area contributed by atoms with Crippen LogP contribution in [0, 0.1) is 0 Å². The Kier molecular flexibility index (Phi) is 4.57. The molecule has 0 aliphatic heterocycles. The number of carboxylic acids is 2. The van der Waals surface area contributed by atoms with Gasteiger partial charge in [0.25, 0.3) is 0 Å². The summed E-state index contributed by atoms with van der Waals surface area (Å²) in [5, 5.41) is 25.4. The van der Waals surface area contributed by atoms with Gasteiger partial charge in [0.05, 0.1) is 6.42 Å². The van der Waals surface area contributed by atoms with Crippen molar-refractivity contribution in [2.24, 2.45) is 0 Å². The van der Waals surface area contributed by atoms with Crippen molar-refractivity contribution in [3.05, 3.63) is 0 Å². The van der Waals surface area contributed by atoms with Gasteiger partial charge in [0.1, 0.15) is 0 Å². The number of carboxylic acid groups (broad SMARTS) is 2. The molecule has 0 saturated heterocycles. The van der Waals surface area contributed by atoms with Gasteiger partial charge in [0.15, 0.2) is 12.2 Å². The number of ether oxygens (including phenoxy) is 1. The van der Waals surface area contributed by atoms with Gasteiger partial charge in [-0.25, -0.2) is 9.59 Å². The number of carbonyl (C=O) groups excluding carboxylic acids is 1. The van der Waals surface area contributed by atoms with E-state index in [9.17, 15) is 14.4 Å². The SMILES string of the molecule is CC(OC(=O)C(O)CC(=O)O)C(=O)O. The lowest BCUT2D eigenvalue weighted by molar-refractivity contribution is -0.170. The molecule has 7 heteroatoms. The molecule has 0 aliphatic carbocycles. The van der Waals surface area contributed by atoms with Crippen molar-refractivity contribution in [3.63, 3.8) is 0 Å². The normalized spacial score (nSPS) is 14.1. The number of aliphatic carboxylic acids is 2. The average Bonchev–Trinajstić information content (AvgIpc) is 2.02. The van der Waals surface area contributed by atoms with E-state index < -0.39 is 36.5 Å². The number of rotatable bonds is 5. The van der Waals surface area contributed by atoms with Crippen molar-refractivity contribution < 1.29 is 34.4 Å². The summed E-state index contributed by atoms with van der Waals surface area (Å²) in [6.45, 7) is 1.09. The molecular formula is C7H10O7. The van der Waals surface area contributed by atoms with E-state index in [-0.39, 0.29) is 0 Å². The molecule has 2 unspecified atom stereocenters. The summed E-state index contributed by atoms with van der Waals surface area (Å²) in [6.07, 6.45) is -4.06. The molecule has 0 aromatic rings. The lowest BCUT2D eigenvalue weighted by Crippen LogP contribution is -2.32. The quantitative estimate of drug-likeness (QED) is 0.485. The third-order valence-electron chi connectivity index (χ3n) is 1.28. The third-order valence-corrected chi connectivity index (χ3v) is 1.28. The summed E-state index contributed by atoms with van der Waals surface area (Å²) in [5.74, 6) is -4.01. The molecule has 0 bridgehead atoms. The van der Waals surface area contributed by atoms with Crippen LogP contribution < -0.4 is 0 Å². The minimum absolute atomic E-state index is 0.814. The van der Waals surface area contributed by atoms with Crippen LogP contribution in [0.4, 0.5) is 0 Å². The summed E-state index contributed by atoms with van der Waals surface area (Å²) >= 11 is 0. The van der Waals surface area contributed by atoms with E-state index in [1.807, 2.05) is 0 Å². The van der Waals surface area contributed by atoms with Gasteiger partial charge in [0.2, 0.25) is 0 Å². The summed E-state index contributed by atoms with van der Waals surface area (Å²) < 4.78 is 4.22. The second-order valence-corrected chi connectivity index (χ2v) is 2.53. The maximum absolute atomic E-state index is 10.8. The standard InChI is InChI=1S/C7H10O7/c1-3(6(11)12)14-7(13)4(8)2-5(9)10/h3-4,8H,2H2,1H3,(H,9,10)(H,11,12). The number of hydrogen-bond acceptors (Lipinski definition) is 5. The van der Waals surface area contributed by atoms with Crippen LogP contribution >= 0.6 is 0 Å². The molecule has 2 atom stereocenters. The van der Waals surface area contributed by atoms with Crippen LogP contribution in [0.1, 0.15) is 13.3 Å². The number of aliphatic hydroxyl groups is 1. The minimum atomic E-state index is -1.84. The third kappa shape index (κ3) is 4.41. The first kappa shape index (κ1) is 12.4. The molecule has 0 rings (SSSR count). The van der Waals surface area contributed by atoms with Crippen LogP contribution in [0.5, 0.6) is 0 Å². The summed E-state index contributed by atoms with van der Waals surface area (Å²) in [4.78, 5) is 31.0. The zero-order valence-corrected chi connectivity index (χ0v) is 7.34. The van der Waals surface area contributed by atoms with Gasteiger partial charge in [-0.15, -0.1) is 0 Å². The first-order valence-corrected chi connectivity index (χ1v) is 3.67. The summed E-state index contributed by atoms with van der Waals surface area (Å²) in [6, 6.07) is 0. The number of hydrogen-bond donors (Lipinski definition) is 3. The van der Waals surface area contributed by atoms with Crippen LogP contribution in [0.2, 0.25) is 0 Å². The monoisotopic (exact) mass is 206 g/mol. The molecule has 7 nitrogen and oxygen atoms in total. The molecular weight excluding hydrogens is 196 g/mol. The second-order valence-electron chi connectivity index (χ2n) is 2.53. The van der Waals surface area contributed by atoms with Crippen molar-refractivity contribution in [2.75, 3.05) is 0 Å². The van der Waals surface area contributed by atoms with Crippen molar-refractivity contribution in [1.29, 1.82) is 0 Å². The minimum Gasteiger partial charge on any atom is -0.481 e. The van der Waals surface area contributed by atoms with Crippen LogP contribution in [0.3, 0.4) is 0 Å². The van der Waals surface area contributed by atoms with Crippen LogP contribution in [-0.4, -0.2) is 45.4 Å². The van der Waals surface area contributed by atoms with E-state index in [1.54, 1.807) is 0 Å². The highest BCUT2D eigenvalue weighted by molar-refractivity contribution is 5.83. The topological polar surface area (TPSA) is 121 Å². The van der Waals surface area contributed by atoms with E-state index >= 15 is 0 Å². The van der Waals surface area contributed by atoms with Crippen molar-refractivity contribution >= 4 is 17.9 Å². The predicted octanol–water partition coefficient (Wildman–Crippen LogP) is -1.16. The molecule has 0 aliphatic rings. The van der Waals surface area contributed by atoms with Gasteiger partial charge in [-0.3, -0.25) is 4.79 Å². The van der Waals surface area contributed by atoms with Crippen LogP contribution in [0.15, 0.2) is 0 Å². The fourth-order valence-electron chi connectivity index (χ4n) is 0.552. The van der Waals surface area contributed by atoms with E-state index in [0.29, 0.717) is 0 Å². The number of esters is 1. The molecule has 3 N–H and O–H groups in total. The van der Waals surface area contributed by atoms with Gasteiger partial charge < -0.3 is 20.1 Å². The van der Waals surface area contributed by atoms with E-state index in [0.717, 1.165) is 6.92 Å². The van der Waals surface area contributed by atoms with Crippen molar-refractivity contribution in [3.8, 4) is 0 Å². The molecule has 80 valence electrons. The molecule has 0 saturated carbocycles. The van der Waals surface area contributed by atoms with Gasteiger partial charge in [-0.05, 0) is 6.92 Å². The fraction of sp³-hybridized carbons (Fsp3) is 0.571. The molecule has 0 aromatic heterocycles. The Labute approximate surface area is 78.9 Å². The summed E-state index contributed by atoms with van der Waals surface area (Å²) in [7, 11) is 0. The lowest BCUT2D eigenvalue weighted by Gasteiger charge is -2.11. The molecule has 14 heavy (non-hydrogen) atoms. The Hall–Kier alpha value is -1.63. The smallest absolute Gasteiger partial charge is 0.344 e. The van der Waals surface area contributed by atoms with E-state index in [1.165, 1.54) is 0 Å². The van der Waals surface area contributed by atoms with Crippen molar-refractivity contribution in [1.82, 2.24) is 0 Å². The maximum atomic E-state index is 10.8. The lowest BCUT2D eigenvalue weighted by atomic mass is 10.2. The largest absolute Gasteiger partial charge is 0.481 e. The van der Waals surface area contributed by atoms with Gasteiger partial charge in [-0.1, -0.05) is 0 Å². The summed E-state index contributed by atoms with van der Waals surface area (Å²) in [5.41, 5.74) is 0. The highest BCUT2D eigenvalue weighted by Gasteiger charge is 2.24. The first-order chi connectivity index (χ1) is 6.34. The van der Waals surface area contributed by atoms with E-state index in [2.05, 4.69) is 4.74 Å². The average molecular weight is 206 g/mol. The molecule has 0 aromatic carbocycles. The van der Waals surface area contributed by atoms with Gasteiger partial charge >= 0.3 is 17.9 Å². The molecule has 0 amide bonds.